The van der Waals surface area contributed by atoms with E-state index >= 15 is 0 Å². The Morgan fingerprint density at radius 1 is 1.23 bits per heavy atom. The molecule has 0 saturated heterocycles. The maximum atomic E-state index is 12.3. The standard InChI is InChI=1S/C16H22N2O3S/c1-17(2)10-8-13-12-18(15-7-5-4-6-14(13)15)16(19)9-11-22(3,20)21/h4-7,12H,8-11H2,1-3H3. The lowest BCUT2D eigenvalue weighted by atomic mass is 10.1. The molecule has 0 radical (unpaired) electrons. The summed E-state index contributed by atoms with van der Waals surface area (Å²) in [6.07, 6.45) is 3.85. The van der Waals surface area contributed by atoms with E-state index in [1.165, 1.54) is 0 Å². The number of carbonyl (C=O) groups is 1. The number of carbonyl (C=O) groups excluding carboxylic acids is 1. The Morgan fingerprint density at radius 3 is 2.55 bits per heavy atom. The number of benzene rings is 1. The predicted molar refractivity (Wildman–Crippen MR) is 89.2 cm³/mol. The Morgan fingerprint density at radius 2 is 1.91 bits per heavy atom. The molecule has 6 heteroatoms. The molecule has 2 rings (SSSR count). The molecule has 22 heavy (non-hydrogen) atoms. The van der Waals surface area contributed by atoms with Crippen molar-refractivity contribution in [2.45, 2.75) is 12.8 Å². The summed E-state index contributed by atoms with van der Waals surface area (Å²) in [7, 11) is 0.885. The van der Waals surface area contributed by atoms with Gasteiger partial charge in [0.05, 0.1) is 11.3 Å². The maximum absolute atomic E-state index is 12.3. The third kappa shape index (κ3) is 4.18. The Kier molecular flexibility index (Phi) is 5.03. The molecule has 120 valence electrons. The van der Waals surface area contributed by atoms with Crippen molar-refractivity contribution < 1.29 is 13.2 Å². The first-order valence-electron chi connectivity index (χ1n) is 7.22. The van der Waals surface area contributed by atoms with E-state index in [9.17, 15) is 13.2 Å². The summed E-state index contributed by atoms with van der Waals surface area (Å²) in [6.45, 7) is 0.894. The van der Waals surface area contributed by atoms with Gasteiger partial charge in [0.1, 0.15) is 9.84 Å². The monoisotopic (exact) mass is 322 g/mol. The molecule has 0 saturated carbocycles. The molecule has 0 unspecified atom stereocenters. The number of nitrogens with zero attached hydrogens (tertiary/aromatic N) is 2. The average Bonchev–Trinajstić information content (AvgIpc) is 2.81. The van der Waals surface area contributed by atoms with Gasteiger partial charge in [-0.1, -0.05) is 18.2 Å². The number of hydrogen-bond acceptors (Lipinski definition) is 4. The molecule has 0 fully saturated rings. The zero-order chi connectivity index (χ0) is 16.3. The molecule has 1 aromatic heterocycles. The lowest BCUT2D eigenvalue weighted by Crippen LogP contribution is -2.16. The van der Waals surface area contributed by atoms with Gasteiger partial charge in [-0.2, -0.15) is 0 Å². The van der Waals surface area contributed by atoms with Crippen molar-refractivity contribution in [3.63, 3.8) is 0 Å². The summed E-state index contributed by atoms with van der Waals surface area (Å²) in [5, 5.41) is 1.05. The molecule has 0 bridgehead atoms. The smallest absolute Gasteiger partial charge is 0.232 e. The fourth-order valence-electron chi connectivity index (χ4n) is 2.39. The van der Waals surface area contributed by atoms with E-state index in [2.05, 4.69) is 4.90 Å². The average molecular weight is 322 g/mol. The number of fused-ring (bicyclic) bond motifs is 1. The van der Waals surface area contributed by atoms with Crippen LogP contribution in [0.15, 0.2) is 30.5 Å². The minimum Gasteiger partial charge on any atom is -0.309 e. The summed E-state index contributed by atoms with van der Waals surface area (Å²) in [5.74, 6) is -0.302. The van der Waals surface area contributed by atoms with Crippen molar-refractivity contribution in [1.82, 2.24) is 9.47 Å². The van der Waals surface area contributed by atoms with E-state index in [4.69, 9.17) is 0 Å². The molecule has 1 aromatic carbocycles. The quantitative estimate of drug-likeness (QED) is 0.814. The fourth-order valence-corrected chi connectivity index (χ4v) is 2.94. The summed E-state index contributed by atoms with van der Waals surface area (Å²) in [6, 6.07) is 7.73. The summed E-state index contributed by atoms with van der Waals surface area (Å²) in [4.78, 5) is 14.4. The van der Waals surface area contributed by atoms with E-state index < -0.39 is 9.84 Å². The third-order valence-electron chi connectivity index (χ3n) is 3.58. The molecule has 0 spiro atoms. The van der Waals surface area contributed by atoms with E-state index in [0.29, 0.717) is 0 Å². The van der Waals surface area contributed by atoms with Gasteiger partial charge in [0, 0.05) is 30.8 Å². The first kappa shape index (κ1) is 16.7. The van der Waals surface area contributed by atoms with E-state index in [-0.39, 0.29) is 18.1 Å². The van der Waals surface area contributed by atoms with Crippen LogP contribution in [-0.4, -0.2) is 56.4 Å². The predicted octanol–water partition coefficient (Wildman–Crippen LogP) is 1.82. The molecule has 0 aliphatic carbocycles. The Hall–Kier alpha value is -1.66. The van der Waals surface area contributed by atoms with Crippen molar-refractivity contribution >= 4 is 26.6 Å². The summed E-state index contributed by atoms with van der Waals surface area (Å²) >= 11 is 0. The summed E-state index contributed by atoms with van der Waals surface area (Å²) in [5.41, 5.74) is 1.95. The van der Waals surface area contributed by atoms with Crippen LogP contribution in [0.5, 0.6) is 0 Å². The molecular weight excluding hydrogens is 300 g/mol. The lowest BCUT2D eigenvalue weighted by Gasteiger charge is -2.07. The zero-order valence-electron chi connectivity index (χ0n) is 13.2. The highest BCUT2D eigenvalue weighted by atomic mass is 32.2. The van der Waals surface area contributed by atoms with Crippen LogP contribution in [-0.2, 0) is 16.3 Å². The van der Waals surface area contributed by atoms with Gasteiger partial charge in [-0.25, -0.2) is 8.42 Å². The van der Waals surface area contributed by atoms with Gasteiger partial charge in [0.2, 0.25) is 5.91 Å². The van der Waals surface area contributed by atoms with Gasteiger partial charge in [0.15, 0.2) is 0 Å². The normalized spacial score (nSPS) is 12.2. The highest BCUT2D eigenvalue weighted by Gasteiger charge is 2.15. The molecule has 0 aliphatic heterocycles. The SMILES string of the molecule is CN(C)CCc1cn(C(=O)CCS(C)(=O)=O)c2ccccc12. The highest BCUT2D eigenvalue weighted by molar-refractivity contribution is 7.90. The second-order valence-electron chi connectivity index (χ2n) is 5.87. The van der Waals surface area contributed by atoms with Gasteiger partial charge >= 0.3 is 0 Å². The topological polar surface area (TPSA) is 59.4 Å². The third-order valence-corrected chi connectivity index (χ3v) is 4.52. The van der Waals surface area contributed by atoms with E-state index in [1.807, 2.05) is 44.6 Å². The molecular formula is C16H22N2O3S. The van der Waals surface area contributed by atoms with Crippen LogP contribution < -0.4 is 0 Å². The summed E-state index contributed by atoms with van der Waals surface area (Å²) < 4.78 is 24.1. The van der Waals surface area contributed by atoms with Crippen molar-refractivity contribution in [2.75, 3.05) is 32.6 Å². The molecule has 0 amide bonds. The van der Waals surface area contributed by atoms with E-state index in [1.54, 1.807) is 4.57 Å². The van der Waals surface area contributed by atoms with Gasteiger partial charge in [-0.3, -0.25) is 9.36 Å². The second kappa shape index (κ2) is 6.62. The fraction of sp³-hybridized carbons (Fsp3) is 0.438. The van der Waals surface area contributed by atoms with Crippen LogP contribution in [0.4, 0.5) is 0 Å². The van der Waals surface area contributed by atoms with Gasteiger partial charge in [0.25, 0.3) is 0 Å². The van der Waals surface area contributed by atoms with Crippen LogP contribution >= 0.6 is 0 Å². The molecule has 5 nitrogen and oxygen atoms in total. The second-order valence-corrected chi connectivity index (χ2v) is 8.13. The number of rotatable bonds is 6. The Labute approximate surface area is 131 Å². The molecule has 1 heterocycles. The minimum atomic E-state index is -3.14. The Balaban J connectivity index is 2.31. The molecule has 2 aromatic rings. The van der Waals surface area contributed by atoms with Crippen LogP contribution in [0.25, 0.3) is 10.9 Å². The van der Waals surface area contributed by atoms with Crippen LogP contribution in [0, 0.1) is 0 Å². The number of likely N-dealkylation sites (N-methyl/N-ethyl adjacent to an activating group) is 1. The Bertz CT molecular complexity index is 776. The van der Waals surface area contributed by atoms with Crippen LogP contribution in [0.1, 0.15) is 16.8 Å². The van der Waals surface area contributed by atoms with Gasteiger partial charge in [-0.05, 0) is 32.1 Å². The lowest BCUT2D eigenvalue weighted by molar-refractivity contribution is 0.0914. The van der Waals surface area contributed by atoms with Crippen molar-refractivity contribution in [3.05, 3.63) is 36.0 Å². The van der Waals surface area contributed by atoms with E-state index in [0.717, 1.165) is 35.7 Å². The van der Waals surface area contributed by atoms with Crippen molar-refractivity contribution in [2.24, 2.45) is 0 Å². The first-order valence-corrected chi connectivity index (χ1v) is 9.28. The number of hydrogen-bond donors (Lipinski definition) is 0. The maximum Gasteiger partial charge on any atom is 0.232 e. The van der Waals surface area contributed by atoms with Crippen molar-refractivity contribution in [1.29, 1.82) is 0 Å². The molecule has 0 aliphatic rings. The van der Waals surface area contributed by atoms with Gasteiger partial charge in [-0.15, -0.1) is 0 Å². The minimum absolute atomic E-state index is 0.00459. The van der Waals surface area contributed by atoms with Gasteiger partial charge < -0.3 is 4.90 Å². The molecule has 0 N–H and O–H groups in total. The number of aromatic nitrogens is 1. The number of para-hydroxylation sites is 1. The first-order chi connectivity index (χ1) is 10.3. The van der Waals surface area contributed by atoms with Crippen LogP contribution in [0.2, 0.25) is 0 Å². The highest BCUT2D eigenvalue weighted by Crippen LogP contribution is 2.22. The largest absolute Gasteiger partial charge is 0.309 e. The van der Waals surface area contributed by atoms with Crippen molar-refractivity contribution in [3.8, 4) is 0 Å². The van der Waals surface area contributed by atoms with Crippen LogP contribution in [0.3, 0.4) is 0 Å². The molecule has 0 atom stereocenters. The number of sulfone groups is 1. The zero-order valence-corrected chi connectivity index (χ0v) is 14.1.